The fourth-order valence-electron chi connectivity index (χ4n) is 2.25. The fourth-order valence-corrected chi connectivity index (χ4v) is 3.16. The Morgan fingerprint density at radius 2 is 1.94 bits per heavy atom. The van der Waals surface area contributed by atoms with E-state index in [1.807, 2.05) is 5.32 Å². The van der Waals surface area contributed by atoms with Crippen molar-refractivity contribution in [3.8, 4) is 11.5 Å². The van der Waals surface area contributed by atoms with Gasteiger partial charge in [-0.2, -0.15) is 13.2 Å². The molecule has 0 heterocycles. The van der Waals surface area contributed by atoms with Gasteiger partial charge in [0.2, 0.25) is 0 Å². The lowest BCUT2D eigenvalue weighted by molar-refractivity contribution is -0.385. The van der Waals surface area contributed by atoms with Gasteiger partial charge in [0.15, 0.2) is 5.75 Å². The van der Waals surface area contributed by atoms with Crippen LogP contribution in [0.15, 0.2) is 34.8 Å². The first kappa shape index (κ1) is 24.4. The number of halogens is 5. The van der Waals surface area contributed by atoms with Gasteiger partial charge in [-0.3, -0.25) is 20.2 Å². The molecule has 0 aliphatic rings. The van der Waals surface area contributed by atoms with Crippen LogP contribution < -0.4 is 10.1 Å². The predicted octanol–water partition coefficient (Wildman–Crippen LogP) is 6.10. The van der Waals surface area contributed by atoms with Gasteiger partial charge in [0.1, 0.15) is 11.3 Å². The summed E-state index contributed by atoms with van der Waals surface area (Å²) in [5.74, 6) is -1.49. The number of amides is 2. The number of nitro benzene ring substituents is 1. The highest BCUT2D eigenvalue weighted by molar-refractivity contribution is 9.10. The summed E-state index contributed by atoms with van der Waals surface area (Å²) in [6.45, 7) is 1.76. The van der Waals surface area contributed by atoms with Gasteiger partial charge in [0.25, 0.3) is 11.6 Å². The lowest BCUT2D eigenvalue weighted by atomic mass is 10.1. The normalized spacial score (nSPS) is 11.0. The van der Waals surface area contributed by atoms with Gasteiger partial charge in [-0.15, -0.1) is 0 Å². The molecule has 0 saturated carbocycles. The minimum Gasteiger partial charge on any atom is -0.455 e. The van der Waals surface area contributed by atoms with Crippen LogP contribution in [0.2, 0.25) is 5.02 Å². The van der Waals surface area contributed by atoms with Crippen LogP contribution in [0.3, 0.4) is 0 Å². The Balaban J connectivity index is 2.37. The Hall–Kier alpha value is -2.86. The van der Waals surface area contributed by atoms with E-state index in [0.29, 0.717) is 12.5 Å². The van der Waals surface area contributed by atoms with Crippen molar-refractivity contribution in [1.82, 2.24) is 5.32 Å². The number of imide groups is 1. The zero-order valence-electron chi connectivity index (χ0n) is 15.6. The summed E-state index contributed by atoms with van der Waals surface area (Å²) in [7, 11) is 0. The molecule has 2 aromatic rings. The maximum absolute atomic E-state index is 12.9. The summed E-state index contributed by atoms with van der Waals surface area (Å²) in [6.07, 6.45) is -5.25. The predicted molar refractivity (Wildman–Crippen MR) is 106 cm³/mol. The molecule has 0 unspecified atom stereocenters. The van der Waals surface area contributed by atoms with Gasteiger partial charge < -0.3 is 9.47 Å². The maximum atomic E-state index is 12.9. The second-order valence-corrected chi connectivity index (χ2v) is 7.16. The van der Waals surface area contributed by atoms with Crippen LogP contribution in [0.5, 0.6) is 11.5 Å². The van der Waals surface area contributed by atoms with Crippen LogP contribution in [0.1, 0.15) is 29.3 Å². The third kappa shape index (κ3) is 6.31. The first-order valence-corrected chi connectivity index (χ1v) is 9.61. The van der Waals surface area contributed by atoms with Crippen molar-refractivity contribution in [1.29, 1.82) is 0 Å². The minimum absolute atomic E-state index is 0.0325. The Kier molecular flexibility index (Phi) is 7.85. The Morgan fingerprint density at radius 3 is 2.48 bits per heavy atom. The van der Waals surface area contributed by atoms with E-state index < -0.39 is 44.9 Å². The zero-order valence-corrected chi connectivity index (χ0v) is 17.9. The van der Waals surface area contributed by atoms with E-state index in [1.165, 1.54) is 0 Å². The number of carbonyl (C=O) groups is 2. The van der Waals surface area contributed by atoms with Crippen LogP contribution >= 0.6 is 27.5 Å². The zero-order chi connectivity index (χ0) is 23.3. The number of ether oxygens (including phenoxy) is 2. The van der Waals surface area contributed by atoms with Gasteiger partial charge in [0.05, 0.1) is 26.6 Å². The number of nitrogens with zero attached hydrogens (tertiary/aromatic N) is 1. The summed E-state index contributed by atoms with van der Waals surface area (Å²) in [5.41, 5.74) is -2.19. The van der Waals surface area contributed by atoms with E-state index >= 15 is 0 Å². The highest BCUT2D eigenvalue weighted by atomic mass is 79.9. The van der Waals surface area contributed by atoms with Crippen LogP contribution in [-0.4, -0.2) is 23.5 Å². The second-order valence-electron chi connectivity index (χ2n) is 5.89. The third-order valence-corrected chi connectivity index (χ3v) is 4.48. The number of carbonyl (C=O) groups excluding carboxylic acids is 2. The van der Waals surface area contributed by atoms with E-state index in [9.17, 15) is 32.9 Å². The molecule has 8 nitrogen and oxygen atoms in total. The summed E-state index contributed by atoms with van der Waals surface area (Å²) in [5, 5.41) is 12.7. The highest BCUT2D eigenvalue weighted by Crippen LogP contribution is 2.42. The molecule has 31 heavy (non-hydrogen) atoms. The Morgan fingerprint density at radius 1 is 1.26 bits per heavy atom. The molecule has 0 aliphatic carbocycles. The smallest absolute Gasteiger partial charge is 0.416 e. The molecule has 0 saturated heterocycles. The number of rotatable bonds is 6. The van der Waals surface area contributed by atoms with Crippen molar-refractivity contribution < 1.29 is 37.2 Å². The van der Waals surface area contributed by atoms with Crippen molar-refractivity contribution in [3.05, 3.63) is 61.1 Å². The average Bonchev–Trinajstić information content (AvgIpc) is 2.67. The maximum Gasteiger partial charge on any atom is 0.416 e. The molecule has 0 fully saturated rings. The minimum atomic E-state index is -4.64. The number of nitro groups is 1. The SMILES string of the molecule is CCCOC(=O)NC(=O)c1cc(Oc2c(Cl)cc(C(F)(F)F)cc2Br)ccc1[N+](=O)[O-]. The Bertz CT molecular complexity index is 1010. The molecule has 0 aromatic heterocycles. The molecular weight excluding hydrogens is 513 g/mol. The average molecular weight is 526 g/mol. The van der Waals surface area contributed by atoms with E-state index in [4.69, 9.17) is 21.1 Å². The lowest BCUT2D eigenvalue weighted by Crippen LogP contribution is -2.31. The van der Waals surface area contributed by atoms with E-state index in [1.54, 1.807) is 6.92 Å². The first-order valence-electron chi connectivity index (χ1n) is 8.44. The summed E-state index contributed by atoms with van der Waals surface area (Å²) in [6, 6.07) is 4.38. The molecule has 0 atom stereocenters. The fraction of sp³-hybridized carbons (Fsp3) is 0.222. The monoisotopic (exact) mass is 524 g/mol. The van der Waals surface area contributed by atoms with Gasteiger partial charge >= 0.3 is 12.3 Å². The number of alkyl halides is 3. The van der Waals surface area contributed by atoms with Crippen LogP contribution in [0.25, 0.3) is 0 Å². The number of hydrogen-bond acceptors (Lipinski definition) is 6. The standard InChI is InChI=1S/C18H13BrClF3N2O6/c1-2-5-30-17(27)24-16(26)11-8-10(3-4-14(11)25(28)29)31-15-12(19)6-9(7-13(15)20)18(21,22)23/h3-4,6-8H,2,5H2,1H3,(H,24,26,27). The molecule has 13 heteroatoms. The first-order chi connectivity index (χ1) is 14.4. The molecule has 2 aromatic carbocycles. The van der Waals surface area contributed by atoms with Crippen molar-refractivity contribution >= 4 is 45.2 Å². The molecule has 0 spiro atoms. The molecule has 0 radical (unpaired) electrons. The van der Waals surface area contributed by atoms with Crippen LogP contribution in [-0.2, 0) is 10.9 Å². The van der Waals surface area contributed by atoms with Crippen LogP contribution in [0, 0.1) is 10.1 Å². The van der Waals surface area contributed by atoms with Gasteiger partial charge in [-0.05, 0) is 40.5 Å². The number of benzene rings is 2. The van der Waals surface area contributed by atoms with Crippen molar-refractivity contribution in [2.45, 2.75) is 19.5 Å². The third-order valence-electron chi connectivity index (χ3n) is 3.61. The topological polar surface area (TPSA) is 108 Å². The van der Waals surface area contributed by atoms with E-state index in [0.717, 1.165) is 24.3 Å². The summed E-state index contributed by atoms with van der Waals surface area (Å²) < 4.78 is 48.6. The molecule has 1 N–H and O–H groups in total. The molecule has 2 amide bonds. The largest absolute Gasteiger partial charge is 0.455 e. The summed E-state index contributed by atoms with van der Waals surface area (Å²) >= 11 is 8.82. The number of hydrogen-bond donors (Lipinski definition) is 1. The van der Waals surface area contributed by atoms with Crippen LogP contribution in [0.4, 0.5) is 23.7 Å². The van der Waals surface area contributed by atoms with Crippen molar-refractivity contribution in [2.75, 3.05) is 6.61 Å². The van der Waals surface area contributed by atoms with Crippen molar-refractivity contribution in [3.63, 3.8) is 0 Å². The highest BCUT2D eigenvalue weighted by Gasteiger charge is 2.32. The molecule has 2 rings (SSSR count). The molecule has 0 aliphatic heterocycles. The van der Waals surface area contributed by atoms with E-state index in [-0.39, 0.29) is 22.6 Å². The van der Waals surface area contributed by atoms with E-state index in [2.05, 4.69) is 15.9 Å². The van der Waals surface area contributed by atoms with Gasteiger partial charge in [-0.25, -0.2) is 4.79 Å². The number of nitrogens with one attached hydrogen (secondary N) is 1. The molecular formula is C18H13BrClF3N2O6. The lowest BCUT2D eigenvalue weighted by Gasteiger charge is -2.14. The van der Waals surface area contributed by atoms with Gasteiger partial charge in [0, 0.05) is 12.1 Å². The quantitative estimate of drug-likeness (QED) is 0.361. The molecule has 166 valence electrons. The number of alkyl carbamates (subject to hydrolysis) is 1. The molecule has 0 bridgehead atoms. The Labute approximate surface area is 186 Å². The van der Waals surface area contributed by atoms with Gasteiger partial charge in [-0.1, -0.05) is 18.5 Å². The second kappa shape index (κ2) is 9.96. The summed E-state index contributed by atoms with van der Waals surface area (Å²) in [4.78, 5) is 34.3. The van der Waals surface area contributed by atoms with Crippen molar-refractivity contribution in [2.24, 2.45) is 0 Å².